The van der Waals surface area contributed by atoms with E-state index in [4.69, 9.17) is 11.6 Å². The highest BCUT2D eigenvalue weighted by molar-refractivity contribution is 7.92. The summed E-state index contributed by atoms with van der Waals surface area (Å²) >= 11 is 5.93. The Hall–Kier alpha value is -2.83. The third-order valence-electron chi connectivity index (χ3n) is 5.42. The highest BCUT2D eigenvalue weighted by Crippen LogP contribution is 2.26. The zero-order chi connectivity index (χ0) is 23.5. The fraction of sp³-hybridized carbons (Fsp3) is 0.240. The molecule has 0 saturated heterocycles. The molecule has 0 radical (unpaired) electrons. The molecule has 1 unspecified atom stereocenters. The van der Waals surface area contributed by atoms with Gasteiger partial charge in [0.1, 0.15) is 6.54 Å². The van der Waals surface area contributed by atoms with E-state index in [0.717, 1.165) is 26.6 Å². The number of carbonyl (C=O) groups excluding carboxylic acids is 1. The molecular formula is C25H27ClN2O3S. The van der Waals surface area contributed by atoms with Crippen LogP contribution in [0.4, 0.5) is 5.69 Å². The number of nitrogens with zero attached hydrogens (tertiary/aromatic N) is 1. The first-order valence-electron chi connectivity index (χ1n) is 10.3. The van der Waals surface area contributed by atoms with Gasteiger partial charge in [-0.1, -0.05) is 47.5 Å². The van der Waals surface area contributed by atoms with E-state index in [1.165, 1.54) is 24.3 Å². The topological polar surface area (TPSA) is 66.5 Å². The van der Waals surface area contributed by atoms with Gasteiger partial charge < -0.3 is 5.32 Å². The van der Waals surface area contributed by atoms with E-state index in [0.29, 0.717) is 10.7 Å². The molecular weight excluding hydrogens is 444 g/mol. The molecule has 0 aliphatic rings. The van der Waals surface area contributed by atoms with Gasteiger partial charge in [-0.05, 0) is 80.8 Å². The van der Waals surface area contributed by atoms with Crippen LogP contribution in [0.2, 0.25) is 5.02 Å². The van der Waals surface area contributed by atoms with Gasteiger partial charge in [0.25, 0.3) is 10.0 Å². The molecule has 168 valence electrons. The maximum Gasteiger partial charge on any atom is 0.264 e. The number of hydrogen-bond donors (Lipinski definition) is 1. The number of aryl methyl sites for hydroxylation is 3. The van der Waals surface area contributed by atoms with Crippen molar-refractivity contribution in [1.29, 1.82) is 0 Å². The van der Waals surface area contributed by atoms with Crippen LogP contribution in [0.5, 0.6) is 0 Å². The number of carbonyl (C=O) groups is 1. The third-order valence-corrected chi connectivity index (χ3v) is 7.46. The molecule has 0 aliphatic heterocycles. The predicted octanol–water partition coefficient (Wildman–Crippen LogP) is 5.34. The van der Waals surface area contributed by atoms with Crippen LogP contribution in [0.1, 0.15) is 35.2 Å². The van der Waals surface area contributed by atoms with E-state index < -0.39 is 15.9 Å². The van der Waals surface area contributed by atoms with Gasteiger partial charge in [0.15, 0.2) is 0 Å². The van der Waals surface area contributed by atoms with Crippen LogP contribution in [-0.2, 0) is 14.8 Å². The minimum atomic E-state index is -3.99. The maximum absolute atomic E-state index is 13.5. The van der Waals surface area contributed by atoms with E-state index in [1.807, 2.05) is 58.0 Å². The van der Waals surface area contributed by atoms with Crippen molar-refractivity contribution in [3.05, 3.63) is 94.0 Å². The molecule has 0 spiro atoms. The number of rotatable bonds is 7. The number of halogens is 1. The number of nitrogens with one attached hydrogen (secondary N) is 1. The number of sulfonamides is 1. The summed E-state index contributed by atoms with van der Waals surface area (Å²) in [7, 11) is -3.99. The number of hydrogen-bond acceptors (Lipinski definition) is 3. The van der Waals surface area contributed by atoms with Gasteiger partial charge in [0.05, 0.1) is 16.6 Å². The lowest BCUT2D eigenvalue weighted by atomic mass is 10.1. The SMILES string of the molecule is Cc1ccc(C(C)NC(=O)CN(c2ccc(C)c(C)c2)S(=O)(=O)c2ccc(Cl)cc2)cc1. The predicted molar refractivity (Wildman–Crippen MR) is 130 cm³/mol. The molecule has 32 heavy (non-hydrogen) atoms. The lowest BCUT2D eigenvalue weighted by molar-refractivity contribution is -0.120. The molecule has 1 N–H and O–H groups in total. The molecule has 1 atom stereocenters. The summed E-state index contributed by atoms with van der Waals surface area (Å²) in [5, 5.41) is 3.34. The van der Waals surface area contributed by atoms with Crippen molar-refractivity contribution >= 4 is 33.2 Å². The minimum absolute atomic E-state index is 0.0690. The van der Waals surface area contributed by atoms with Gasteiger partial charge >= 0.3 is 0 Å². The van der Waals surface area contributed by atoms with Crippen LogP contribution < -0.4 is 9.62 Å². The van der Waals surface area contributed by atoms with Crippen molar-refractivity contribution in [2.24, 2.45) is 0 Å². The standard InChI is InChI=1S/C25H27ClN2O3S/c1-17-5-8-21(9-6-17)20(4)27-25(29)16-28(23-12-7-18(2)19(3)15-23)32(30,31)24-13-10-22(26)11-14-24/h5-15,20H,16H2,1-4H3,(H,27,29). The summed E-state index contributed by atoms with van der Waals surface area (Å²) in [6.07, 6.45) is 0. The quantitative estimate of drug-likeness (QED) is 0.507. The van der Waals surface area contributed by atoms with Gasteiger partial charge in [-0.2, -0.15) is 0 Å². The first-order valence-corrected chi connectivity index (χ1v) is 12.1. The van der Waals surface area contributed by atoms with Gasteiger partial charge in [0.2, 0.25) is 5.91 Å². The Morgan fingerprint density at radius 2 is 1.56 bits per heavy atom. The van der Waals surface area contributed by atoms with E-state index >= 15 is 0 Å². The van der Waals surface area contributed by atoms with Crippen LogP contribution in [0.25, 0.3) is 0 Å². The molecule has 0 heterocycles. The summed E-state index contributed by atoms with van der Waals surface area (Å²) in [6.45, 7) is 7.38. The third kappa shape index (κ3) is 5.50. The van der Waals surface area contributed by atoms with Gasteiger partial charge in [-0.25, -0.2) is 8.42 Å². The van der Waals surface area contributed by atoms with Crippen molar-refractivity contribution < 1.29 is 13.2 Å². The Kier molecular flexibility index (Phi) is 7.26. The summed E-state index contributed by atoms with van der Waals surface area (Å²) in [6, 6.07) is 18.9. The van der Waals surface area contributed by atoms with E-state index in [-0.39, 0.29) is 17.5 Å². The van der Waals surface area contributed by atoms with E-state index in [1.54, 1.807) is 12.1 Å². The average molecular weight is 471 g/mol. The Balaban J connectivity index is 1.91. The highest BCUT2D eigenvalue weighted by atomic mass is 35.5. The van der Waals surface area contributed by atoms with Crippen molar-refractivity contribution in [3.8, 4) is 0 Å². The Morgan fingerprint density at radius 3 is 2.16 bits per heavy atom. The molecule has 7 heteroatoms. The molecule has 0 fully saturated rings. The minimum Gasteiger partial charge on any atom is -0.348 e. The molecule has 3 rings (SSSR count). The molecule has 3 aromatic carbocycles. The van der Waals surface area contributed by atoms with Crippen LogP contribution in [0.3, 0.4) is 0 Å². The van der Waals surface area contributed by atoms with Crippen LogP contribution in [-0.4, -0.2) is 20.9 Å². The van der Waals surface area contributed by atoms with Crippen molar-refractivity contribution in [2.45, 2.75) is 38.6 Å². The summed E-state index contributed by atoms with van der Waals surface area (Å²) in [4.78, 5) is 13.0. The summed E-state index contributed by atoms with van der Waals surface area (Å²) in [5.41, 5.74) is 4.48. The molecule has 0 bridgehead atoms. The fourth-order valence-corrected chi connectivity index (χ4v) is 4.82. The van der Waals surface area contributed by atoms with Crippen molar-refractivity contribution in [3.63, 3.8) is 0 Å². The van der Waals surface area contributed by atoms with Gasteiger partial charge in [0, 0.05) is 5.02 Å². The molecule has 1 amide bonds. The Labute approximate surface area is 195 Å². The second-order valence-corrected chi connectivity index (χ2v) is 10.2. The van der Waals surface area contributed by atoms with Crippen molar-refractivity contribution in [1.82, 2.24) is 5.32 Å². The van der Waals surface area contributed by atoms with Crippen molar-refractivity contribution in [2.75, 3.05) is 10.8 Å². The van der Waals surface area contributed by atoms with Crippen LogP contribution in [0, 0.1) is 20.8 Å². The van der Waals surface area contributed by atoms with Crippen LogP contribution in [0.15, 0.2) is 71.6 Å². The number of amides is 1. The molecule has 3 aromatic rings. The lowest BCUT2D eigenvalue weighted by Crippen LogP contribution is -2.41. The van der Waals surface area contributed by atoms with E-state index in [2.05, 4.69) is 5.32 Å². The first kappa shape index (κ1) is 23.8. The zero-order valence-corrected chi connectivity index (χ0v) is 20.2. The molecule has 0 aliphatic carbocycles. The Morgan fingerprint density at radius 1 is 0.938 bits per heavy atom. The fourth-order valence-electron chi connectivity index (χ4n) is 3.29. The average Bonchev–Trinajstić information content (AvgIpc) is 2.74. The maximum atomic E-state index is 13.5. The smallest absolute Gasteiger partial charge is 0.264 e. The monoisotopic (exact) mass is 470 g/mol. The Bertz CT molecular complexity index is 1210. The molecule has 0 aromatic heterocycles. The number of anilines is 1. The van der Waals surface area contributed by atoms with Gasteiger partial charge in [-0.15, -0.1) is 0 Å². The highest BCUT2D eigenvalue weighted by Gasteiger charge is 2.28. The zero-order valence-electron chi connectivity index (χ0n) is 18.6. The summed E-state index contributed by atoms with van der Waals surface area (Å²) in [5.74, 6) is -0.395. The normalized spacial score (nSPS) is 12.3. The molecule has 5 nitrogen and oxygen atoms in total. The second kappa shape index (κ2) is 9.76. The largest absolute Gasteiger partial charge is 0.348 e. The van der Waals surface area contributed by atoms with Crippen LogP contribution >= 0.6 is 11.6 Å². The lowest BCUT2D eigenvalue weighted by Gasteiger charge is -2.26. The first-order chi connectivity index (χ1) is 15.1. The molecule has 0 saturated carbocycles. The number of benzene rings is 3. The summed E-state index contributed by atoms with van der Waals surface area (Å²) < 4.78 is 28.1. The van der Waals surface area contributed by atoms with E-state index in [9.17, 15) is 13.2 Å². The second-order valence-electron chi connectivity index (χ2n) is 7.93. The van der Waals surface area contributed by atoms with Gasteiger partial charge in [-0.3, -0.25) is 9.10 Å².